The van der Waals surface area contributed by atoms with E-state index in [2.05, 4.69) is 31.2 Å². The van der Waals surface area contributed by atoms with E-state index in [0.29, 0.717) is 0 Å². The van der Waals surface area contributed by atoms with Crippen LogP contribution in [0.25, 0.3) is 0 Å². The predicted octanol–water partition coefficient (Wildman–Crippen LogP) is 2.73. The van der Waals surface area contributed by atoms with E-state index in [1.165, 1.54) is 16.2 Å². The molecular formula is C11H14OS. The molecule has 0 aromatic heterocycles. The minimum atomic E-state index is 0.784. The molecule has 1 aromatic carbocycles. The zero-order valence-electron chi connectivity index (χ0n) is 7.82. The number of benzene rings is 1. The van der Waals surface area contributed by atoms with Crippen LogP contribution >= 0.6 is 11.8 Å². The first-order valence-electron chi connectivity index (χ1n) is 4.62. The molecule has 1 heterocycles. The van der Waals surface area contributed by atoms with Crippen LogP contribution < -0.4 is 0 Å². The Kier molecular flexibility index (Phi) is 2.91. The van der Waals surface area contributed by atoms with Gasteiger partial charge in [0.1, 0.15) is 0 Å². The highest BCUT2D eigenvalue weighted by Crippen LogP contribution is 2.24. The van der Waals surface area contributed by atoms with Gasteiger partial charge in [0.25, 0.3) is 0 Å². The number of hydrogen-bond acceptors (Lipinski definition) is 2. The fourth-order valence-electron chi connectivity index (χ4n) is 1.23. The van der Waals surface area contributed by atoms with Crippen LogP contribution in [0.2, 0.25) is 0 Å². The van der Waals surface area contributed by atoms with Gasteiger partial charge in [0.15, 0.2) is 0 Å². The smallest absolute Gasteiger partial charge is 0.0524 e. The van der Waals surface area contributed by atoms with Gasteiger partial charge in [-0.1, -0.05) is 17.7 Å². The van der Waals surface area contributed by atoms with Crippen LogP contribution in [-0.2, 0) is 4.74 Å². The van der Waals surface area contributed by atoms with E-state index >= 15 is 0 Å². The second-order valence-corrected chi connectivity index (χ2v) is 4.62. The van der Waals surface area contributed by atoms with Crippen LogP contribution in [0.4, 0.5) is 0 Å². The zero-order valence-corrected chi connectivity index (χ0v) is 8.64. The molecule has 0 unspecified atom stereocenters. The average Bonchev–Trinajstić information content (AvgIpc) is 2.05. The summed E-state index contributed by atoms with van der Waals surface area (Å²) in [5.74, 6) is 1.98. The average molecular weight is 194 g/mol. The molecule has 0 radical (unpaired) electrons. The number of aryl methyl sites for hydroxylation is 1. The monoisotopic (exact) mass is 194 g/mol. The Morgan fingerprint density at radius 2 is 2.00 bits per heavy atom. The third-order valence-corrected chi connectivity index (χ3v) is 3.46. The Morgan fingerprint density at radius 3 is 2.54 bits per heavy atom. The van der Waals surface area contributed by atoms with E-state index in [0.717, 1.165) is 19.1 Å². The second kappa shape index (κ2) is 4.16. The van der Waals surface area contributed by atoms with Gasteiger partial charge in [-0.2, -0.15) is 0 Å². The van der Waals surface area contributed by atoms with Crippen LogP contribution in [0.1, 0.15) is 5.56 Å². The van der Waals surface area contributed by atoms with Gasteiger partial charge in [0.05, 0.1) is 13.2 Å². The summed E-state index contributed by atoms with van der Waals surface area (Å²) in [7, 11) is 0. The third-order valence-electron chi connectivity index (χ3n) is 2.21. The SMILES string of the molecule is Cc1ccc(SCC2COC2)cc1. The summed E-state index contributed by atoms with van der Waals surface area (Å²) < 4.78 is 5.13. The Balaban J connectivity index is 1.83. The molecule has 0 amide bonds. The molecule has 70 valence electrons. The number of hydrogen-bond donors (Lipinski definition) is 0. The van der Waals surface area contributed by atoms with Crippen molar-refractivity contribution >= 4 is 11.8 Å². The lowest BCUT2D eigenvalue weighted by Crippen LogP contribution is -2.29. The maximum absolute atomic E-state index is 5.13. The Morgan fingerprint density at radius 1 is 1.31 bits per heavy atom. The van der Waals surface area contributed by atoms with Crippen LogP contribution in [0.15, 0.2) is 29.2 Å². The summed E-state index contributed by atoms with van der Waals surface area (Å²) in [6, 6.07) is 8.72. The number of thioether (sulfide) groups is 1. The second-order valence-electron chi connectivity index (χ2n) is 3.53. The van der Waals surface area contributed by atoms with Gasteiger partial charge in [-0.25, -0.2) is 0 Å². The van der Waals surface area contributed by atoms with Gasteiger partial charge in [0, 0.05) is 16.6 Å². The van der Waals surface area contributed by atoms with Crippen molar-refractivity contribution in [3.63, 3.8) is 0 Å². The van der Waals surface area contributed by atoms with Gasteiger partial charge >= 0.3 is 0 Å². The molecule has 2 rings (SSSR count). The molecule has 1 saturated heterocycles. The summed E-state index contributed by atoms with van der Waals surface area (Å²) in [4.78, 5) is 1.37. The summed E-state index contributed by atoms with van der Waals surface area (Å²) in [6.45, 7) is 4.03. The minimum absolute atomic E-state index is 0.784. The molecule has 1 fully saturated rings. The molecular weight excluding hydrogens is 180 g/mol. The maximum atomic E-state index is 5.13. The third kappa shape index (κ3) is 2.48. The molecule has 1 aromatic rings. The van der Waals surface area contributed by atoms with E-state index in [4.69, 9.17) is 4.74 Å². The standard InChI is InChI=1S/C11H14OS/c1-9-2-4-11(5-3-9)13-8-10-6-12-7-10/h2-5,10H,6-8H2,1H3. The first-order chi connectivity index (χ1) is 6.34. The first-order valence-corrected chi connectivity index (χ1v) is 5.60. The predicted molar refractivity (Wildman–Crippen MR) is 56.2 cm³/mol. The number of ether oxygens (including phenoxy) is 1. The van der Waals surface area contributed by atoms with Crippen LogP contribution in [0, 0.1) is 12.8 Å². The van der Waals surface area contributed by atoms with E-state index in [1.54, 1.807) is 0 Å². The van der Waals surface area contributed by atoms with Gasteiger partial charge in [-0.15, -0.1) is 11.8 Å². The minimum Gasteiger partial charge on any atom is -0.381 e. The number of rotatable bonds is 3. The molecule has 0 bridgehead atoms. The molecule has 0 saturated carbocycles. The lowest BCUT2D eigenvalue weighted by Gasteiger charge is -2.25. The molecule has 2 heteroatoms. The quantitative estimate of drug-likeness (QED) is 0.684. The Labute approximate surface area is 83.5 Å². The lowest BCUT2D eigenvalue weighted by molar-refractivity contribution is -0.0196. The van der Waals surface area contributed by atoms with Crippen LogP contribution in [0.5, 0.6) is 0 Å². The van der Waals surface area contributed by atoms with Gasteiger partial charge in [0.2, 0.25) is 0 Å². The highest BCUT2D eigenvalue weighted by atomic mass is 32.2. The zero-order chi connectivity index (χ0) is 9.10. The molecule has 1 aliphatic rings. The van der Waals surface area contributed by atoms with Crippen molar-refractivity contribution in [3.8, 4) is 0 Å². The maximum Gasteiger partial charge on any atom is 0.0524 e. The summed E-state index contributed by atoms with van der Waals surface area (Å²) in [5, 5.41) is 0. The lowest BCUT2D eigenvalue weighted by atomic mass is 10.1. The molecule has 0 atom stereocenters. The summed E-state index contributed by atoms with van der Waals surface area (Å²) in [5.41, 5.74) is 1.33. The normalized spacial score (nSPS) is 17.0. The first kappa shape index (κ1) is 9.10. The molecule has 1 aliphatic heterocycles. The highest BCUT2D eigenvalue weighted by molar-refractivity contribution is 7.99. The largest absolute Gasteiger partial charge is 0.381 e. The van der Waals surface area contributed by atoms with E-state index in [9.17, 15) is 0 Å². The van der Waals surface area contributed by atoms with Gasteiger partial charge in [-0.3, -0.25) is 0 Å². The van der Waals surface area contributed by atoms with Crippen molar-refractivity contribution in [1.29, 1.82) is 0 Å². The van der Waals surface area contributed by atoms with Crippen molar-refractivity contribution in [2.75, 3.05) is 19.0 Å². The van der Waals surface area contributed by atoms with Gasteiger partial charge in [-0.05, 0) is 19.1 Å². The van der Waals surface area contributed by atoms with E-state index in [-0.39, 0.29) is 0 Å². The van der Waals surface area contributed by atoms with Crippen molar-refractivity contribution in [2.45, 2.75) is 11.8 Å². The Bertz CT molecular complexity index is 264. The van der Waals surface area contributed by atoms with Crippen molar-refractivity contribution in [1.82, 2.24) is 0 Å². The van der Waals surface area contributed by atoms with Crippen molar-refractivity contribution < 1.29 is 4.74 Å². The molecule has 13 heavy (non-hydrogen) atoms. The molecule has 1 nitrogen and oxygen atoms in total. The van der Waals surface area contributed by atoms with Crippen molar-refractivity contribution in [2.24, 2.45) is 5.92 Å². The summed E-state index contributed by atoms with van der Waals surface area (Å²) >= 11 is 1.93. The highest BCUT2D eigenvalue weighted by Gasteiger charge is 2.17. The Hall–Kier alpha value is -0.470. The summed E-state index contributed by atoms with van der Waals surface area (Å²) in [6.07, 6.45) is 0. The molecule has 0 aliphatic carbocycles. The molecule has 0 spiro atoms. The van der Waals surface area contributed by atoms with Crippen LogP contribution in [0.3, 0.4) is 0 Å². The molecule has 0 N–H and O–H groups in total. The van der Waals surface area contributed by atoms with Crippen molar-refractivity contribution in [3.05, 3.63) is 29.8 Å². The van der Waals surface area contributed by atoms with Crippen LogP contribution in [-0.4, -0.2) is 19.0 Å². The fraction of sp³-hybridized carbons (Fsp3) is 0.455. The van der Waals surface area contributed by atoms with E-state index < -0.39 is 0 Å². The van der Waals surface area contributed by atoms with E-state index in [1.807, 2.05) is 11.8 Å². The topological polar surface area (TPSA) is 9.23 Å². The fourth-order valence-corrected chi connectivity index (χ4v) is 2.18. The van der Waals surface area contributed by atoms with Gasteiger partial charge < -0.3 is 4.74 Å².